The number of carbonyl (C=O) groups excluding carboxylic acids is 2. The molecule has 138 valence electrons. The molecule has 2 aromatic rings. The second-order valence-electron chi connectivity index (χ2n) is 6.02. The SMILES string of the molecule is CCOc1ccc(C(C)NC(=O)CCCNC(=O)c2ccccc2)cc1. The van der Waals surface area contributed by atoms with Crippen LogP contribution in [0.2, 0.25) is 0 Å². The van der Waals surface area contributed by atoms with E-state index in [1.807, 2.05) is 56.3 Å². The summed E-state index contributed by atoms with van der Waals surface area (Å²) in [6.45, 7) is 4.99. The van der Waals surface area contributed by atoms with Gasteiger partial charge < -0.3 is 15.4 Å². The Kier molecular flexibility index (Phi) is 7.68. The Morgan fingerprint density at radius 2 is 1.73 bits per heavy atom. The molecule has 0 aliphatic heterocycles. The third-order valence-corrected chi connectivity index (χ3v) is 3.97. The van der Waals surface area contributed by atoms with Gasteiger partial charge in [-0.3, -0.25) is 9.59 Å². The highest BCUT2D eigenvalue weighted by molar-refractivity contribution is 5.94. The number of nitrogens with one attached hydrogen (secondary N) is 2. The summed E-state index contributed by atoms with van der Waals surface area (Å²) in [5.74, 6) is 0.679. The van der Waals surface area contributed by atoms with Crippen molar-refractivity contribution in [2.75, 3.05) is 13.2 Å². The molecule has 0 aliphatic rings. The Labute approximate surface area is 154 Å². The van der Waals surface area contributed by atoms with Gasteiger partial charge in [-0.2, -0.15) is 0 Å². The molecule has 5 heteroatoms. The molecule has 26 heavy (non-hydrogen) atoms. The zero-order chi connectivity index (χ0) is 18.8. The van der Waals surface area contributed by atoms with Gasteiger partial charge in [-0.25, -0.2) is 0 Å². The molecule has 0 radical (unpaired) electrons. The van der Waals surface area contributed by atoms with Crippen molar-refractivity contribution < 1.29 is 14.3 Å². The Bertz CT molecular complexity index is 699. The number of benzene rings is 2. The summed E-state index contributed by atoms with van der Waals surface area (Å²) in [5.41, 5.74) is 1.65. The van der Waals surface area contributed by atoms with Gasteiger partial charge in [0.2, 0.25) is 5.91 Å². The number of hydrogen-bond donors (Lipinski definition) is 2. The highest BCUT2D eigenvalue weighted by atomic mass is 16.5. The fraction of sp³-hybridized carbons (Fsp3) is 0.333. The number of ether oxygens (including phenoxy) is 1. The minimum atomic E-state index is -0.117. The van der Waals surface area contributed by atoms with Crippen molar-refractivity contribution in [2.24, 2.45) is 0 Å². The maximum atomic E-state index is 12.1. The van der Waals surface area contributed by atoms with Crippen LogP contribution in [-0.2, 0) is 4.79 Å². The van der Waals surface area contributed by atoms with Crippen LogP contribution in [0.15, 0.2) is 54.6 Å². The first-order valence-corrected chi connectivity index (χ1v) is 8.95. The molecule has 2 aromatic carbocycles. The maximum Gasteiger partial charge on any atom is 0.251 e. The van der Waals surface area contributed by atoms with Crippen LogP contribution in [0.3, 0.4) is 0 Å². The van der Waals surface area contributed by atoms with Crippen LogP contribution in [0, 0.1) is 0 Å². The molecule has 0 fully saturated rings. The second kappa shape index (κ2) is 10.2. The van der Waals surface area contributed by atoms with Crippen molar-refractivity contribution in [1.29, 1.82) is 0 Å². The largest absolute Gasteiger partial charge is 0.494 e. The third kappa shape index (κ3) is 6.24. The van der Waals surface area contributed by atoms with E-state index < -0.39 is 0 Å². The van der Waals surface area contributed by atoms with E-state index >= 15 is 0 Å². The Hall–Kier alpha value is -2.82. The van der Waals surface area contributed by atoms with Gasteiger partial charge in [-0.05, 0) is 50.1 Å². The van der Waals surface area contributed by atoms with Crippen LogP contribution in [0.5, 0.6) is 5.75 Å². The normalized spacial score (nSPS) is 11.5. The molecule has 2 rings (SSSR count). The molecule has 0 saturated heterocycles. The first-order valence-electron chi connectivity index (χ1n) is 8.95. The average molecular weight is 354 g/mol. The minimum Gasteiger partial charge on any atom is -0.494 e. The number of amides is 2. The van der Waals surface area contributed by atoms with Crippen LogP contribution in [-0.4, -0.2) is 25.0 Å². The lowest BCUT2D eigenvalue weighted by Gasteiger charge is -2.15. The van der Waals surface area contributed by atoms with Crippen LogP contribution in [0.25, 0.3) is 0 Å². The van der Waals surface area contributed by atoms with Crippen LogP contribution >= 0.6 is 0 Å². The quantitative estimate of drug-likeness (QED) is 0.678. The molecule has 2 N–H and O–H groups in total. The zero-order valence-electron chi connectivity index (χ0n) is 15.3. The minimum absolute atomic E-state index is 0.0275. The summed E-state index contributed by atoms with van der Waals surface area (Å²) in [5, 5.41) is 5.80. The van der Waals surface area contributed by atoms with Crippen molar-refractivity contribution in [3.63, 3.8) is 0 Å². The summed E-state index contributed by atoms with van der Waals surface area (Å²) in [6.07, 6.45) is 0.969. The molecule has 0 spiro atoms. The number of carbonyl (C=O) groups is 2. The molecule has 0 aliphatic carbocycles. The molecule has 0 bridgehead atoms. The average Bonchev–Trinajstić information content (AvgIpc) is 2.66. The molecule has 5 nitrogen and oxygen atoms in total. The first kappa shape index (κ1) is 19.5. The van der Waals surface area contributed by atoms with Crippen molar-refractivity contribution in [3.05, 3.63) is 65.7 Å². The van der Waals surface area contributed by atoms with Crippen LogP contribution < -0.4 is 15.4 Å². The van der Waals surface area contributed by atoms with Gasteiger partial charge in [0.1, 0.15) is 5.75 Å². The van der Waals surface area contributed by atoms with E-state index in [1.54, 1.807) is 12.1 Å². The predicted molar refractivity (Wildman–Crippen MR) is 102 cm³/mol. The fourth-order valence-electron chi connectivity index (χ4n) is 2.56. The smallest absolute Gasteiger partial charge is 0.251 e. The Morgan fingerprint density at radius 1 is 1.04 bits per heavy atom. The summed E-state index contributed by atoms with van der Waals surface area (Å²) in [4.78, 5) is 24.0. The van der Waals surface area contributed by atoms with Gasteiger partial charge in [-0.1, -0.05) is 30.3 Å². The van der Waals surface area contributed by atoms with E-state index in [1.165, 1.54) is 0 Å². The van der Waals surface area contributed by atoms with E-state index in [0.29, 0.717) is 31.6 Å². The lowest BCUT2D eigenvalue weighted by molar-refractivity contribution is -0.121. The summed E-state index contributed by atoms with van der Waals surface area (Å²) < 4.78 is 5.42. The van der Waals surface area contributed by atoms with Gasteiger partial charge in [0.05, 0.1) is 12.6 Å². The molecule has 1 atom stereocenters. The number of hydrogen-bond acceptors (Lipinski definition) is 3. The lowest BCUT2D eigenvalue weighted by atomic mass is 10.1. The van der Waals surface area contributed by atoms with Gasteiger partial charge in [-0.15, -0.1) is 0 Å². The third-order valence-electron chi connectivity index (χ3n) is 3.97. The highest BCUT2D eigenvalue weighted by Crippen LogP contribution is 2.17. The predicted octanol–water partition coefficient (Wildman–Crippen LogP) is 3.47. The molecule has 0 saturated carbocycles. The van der Waals surface area contributed by atoms with Crippen molar-refractivity contribution in [1.82, 2.24) is 10.6 Å². The standard InChI is InChI=1S/C21H26N2O3/c1-3-26-19-13-11-17(12-14-19)16(2)23-20(24)10-7-15-22-21(25)18-8-5-4-6-9-18/h4-6,8-9,11-14,16H,3,7,10,15H2,1-2H3,(H,22,25)(H,23,24). The topological polar surface area (TPSA) is 67.4 Å². The van der Waals surface area contributed by atoms with E-state index in [9.17, 15) is 9.59 Å². The molecular weight excluding hydrogens is 328 g/mol. The molecule has 2 amide bonds. The van der Waals surface area contributed by atoms with E-state index in [4.69, 9.17) is 4.74 Å². The van der Waals surface area contributed by atoms with E-state index in [-0.39, 0.29) is 17.9 Å². The maximum absolute atomic E-state index is 12.1. The highest BCUT2D eigenvalue weighted by Gasteiger charge is 2.10. The second-order valence-corrected chi connectivity index (χ2v) is 6.02. The molecule has 0 heterocycles. The van der Waals surface area contributed by atoms with E-state index in [2.05, 4.69) is 10.6 Å². The Balaban J connectivity index is 1.68. The van der Waals surface area contributed by atoms with Crippen LogP contribution in [0.1, 0.15) is 48.7 Å². The lowest BCUT2D eigenvalue weighted by Crippen LogP contribution is -2.29. The number of rotatable bonds is 9. The first-order chi connectivity index (χ1) is 12.6. The fourth-order valence-corrected chi connectivity index (χ4v) is 2.56. The van der Waals surface area contributed by atoms with E-state index in [0.717, 1.165) is 11.3 Å². The monoisotopic (exact) mass is 354 g/mol. The zero-order valence-corrected chi connectivity index (χ0v) is 15.3. The molecular formula is C21H26N2O3. The summed E-state index contributed by atoms with van der Waals surface area (Å²) >= 11 is 0. The Morgan fingerprint density at radius 3 is 2.38 bits per heavy atom. The van der Waals surface area contributed by atoms with Crippen molar-refractivity contribution >= 4 is 11.8 Å². The van der Waals surface area contributed by atoms with Gasteiger partial charge >= 0.3 is 0 Å². The molecule has 0 aromatic heterocycles. The summed E-state index contributed by atoms with van der Waals surface area (Å²) in [7, 11) is 0. The van der Waals surface area contributed by atoms with Crippen molar-refractivity contribution in [3.8, 4) is 5.75 Å². The van der Waals surface area contributed by atoms with Crippen molar-refractivity contribution in [2.45, 2.75) is 32.7 Å². The van der Waals surface area contributed by atoms with Gasteiger partial charge in [0.25, 0.3) is 5.91 Å². The summed E-state index contributed by atoms with van der Waals surface area (Å²) in [6, 6.07) is 16.7. The van der Waals surface area contributed by atoms with Crippen LogP contribution in [0.4, 0.5) is 0 Å². The van der Waals surface area contributed by atoms with Gasteiger partial charge in [0.15, 0.2) is 0 Å². The van der Waals surface area contributed by atoms with Gasteiger partial charge in [0, 0.05) is 18.5 Å². The molecule has 1 unspecified atom stereocenters.